The summed E-state index contributed by atoms with van der Waals surface area (Å²) in [6.45, 7) is 1.87. The van der Waals surface area contributed by atoms with E-state index in [-0.39, 0.29) is 30.3 Å². The van der Waals surface area contributed by atoms with Gasteiger partial charge in [-0.3, -0.25) is 9.48 Å². The number of hydrogen-bond acceptors (Lipinski definition) is 5. The van der Waals surface area contributed by atoms with E-state index in [2.05, 4.69) is 20.2 Å². The van der Waals surface area contributed by atoms with Gasteiger partial charge in [0, 0.05) is 37.0 Å². The van der Waals surface area contributed by atoms with Crippen molar-refractivity contribution in [3.05, 3.63) is 88.4 Å². The Morgan fingerprint density at radius 2 is 1.94 bits per heavy atom. The number of alkyl halides is 2. The highest BCUT2D eigenvalue weighted by atomic mass is 19.3. The molecule has 1 aromatic carbocycles. The lowest BCUT2D eigenvalue weighted by Crippen LogP contribution is -2.18. The average Bonchev–Trinajstić information content (AvgIpc) is 3.20. The first-order valence-corrected chi connectivity index (χ1v) is 9.22. The molecule has 0 fully saturated rings. The third-order valence-corrected chi connectivity index (χ3v) is 4.75. The Morgan fingerprint density at radius 1 is 1.13 bits per heavy atom. The molecule has 0 bridgehead atoms. The third-order valence-electron chi connectivity index (χ3n) is 4.75. The number of hydrogen-bond donors (Lipinski definition) is 0. The molecule has 4 rings (SSSR count). The minimum absolute atomic E-state index is 0. The largest absolute Gasteiger partial charge is 0.288 e. The van der Waals surface area contributed by atoms with Gasteiger partial charge in [-0.15, -0.1) is 0 Å². The van der Waals surface area contributed by atoms with E-state index in [9.17, 15) is 13.6 Å². The maximum Gasteiger partial charge on any atom is 0.280 e. The van der Waals surface area contributed by atoms with Crippen LogP contribution in [0.15, 0.2) is 66.0 Å². The van der Waals surface area contributed by atoms with Gasteiger partial charge in [0.25, 0.3) is 6.43 Å². The smallest absolute Gasteiger partial charge is 0.280 e. The molecule has 4 aromatic rings. The van der Waals surface area contributed by atoms with Gasteiger partial charge >= 0.3 is 0 Å². The van der Waals surface area contributed by atoms with Crippen LogP contribution in [0.2, 0.25) is 0 Å². The third kappa shape index (κ3) is 4.55. The molecule has 3 heterocycles. The summed E-state index contributed by atoms with van der Waals surface area (Å²) in [5.74, 6) is -0.129. The van der Waals surface area contributed by atoms with Gasteiger partial charge in [0.1, 0.15) is 17.1 Å². The van der Waals surface area contributed by atoms with Crippen molar-refractivity contribution in [3.8, 4) is 17.1 Å². The van der Waals surface area contributed by atoms with Crippen molar-refractivity contribution < 1.29 is 8.78 Å². The zero-order chi connectivity index (χ0) is 21.3. The number of aromatic nitrogens is 6. The first-order chi connectivity index (χ1) is 14.4. The summed E-state index contributed by atoms with van der Waals surface area (Å²) < 4.78 is 29.2. The SMILES string of the molecule is C.CC(c1cccc(-c2nccc(C(F)F)n2)c1)c1nn(-c2cnn(C)c2)ccc1=O. The van der Waals surface area contributed by atoms with Gasteiger partial charge in [0.2, 0.25) is 5.43 Å². The second kappa shape index (κ2) is 8.95. The van der Waals surface area contributed by atoms with E-state index in [0.717, 1.165) is 11.3 Å². The van der Waals surface area contributed by atoms with Crippen molar-refractivity contribution in [1.82, 2.24) is 29.5 Å². The monoisotopic (exact) mass is 424 g/mol. The summed E-state index contributed by atoms with van der Waals surface area (Å²) in [6, 6.07) is 9.82. The number of benzene rings is 1. The van der Waals surface area contributed by atoms with E-state index in [0.29, 0.717) is 11.3 Å². The summed E-state index contributed by atoms with van der Waals surface area (Å²) in [7, 11) is 1.80. The zero-order valence-corrected chi connectivity index (χ0v) is 16.3. The molecule has 0 amide bonds. The van der Waals surface area contributed by atoms with Crippen LogP contribution in [0.5, 0.6) is 0 Å². The molecule has 7 nitrogen and oxygen atoms in total. The highest BCUT2D eigenvalue weighted by Gasteiger charge is 2.17. The van der Waals surface area contributed by atoms with Crippen LogP contribution in [0.25, 0.3) is 17.1 Å². The zero-order valence-electron chi connectivity index (χ0n) is 16.3. The molecule has 3 aromatic heterocycles. The van der Waals surface area contributed by atoms with E-state index >= 15 is 0 Å². The first kappa shape index (κ1) is 21.9. The van der Waals surface area contributed by atoms with Crippen LogP contribution < -0.4 is 5.43 Å². The standard InChI is InChI=1S/C21H18F2N6O.CH4/c1-13(19-18(30)7-9-29(27-19)16-11-25-28(2)12-16)14-4-3-5-15(10-14)21-24-8-6-17(26-21)20(22)23;/h3-13,20H,1-2H3;1H4. The van der Waals surface area contributed by atoms with Gasteiger partial charge in [-0.2, -0.15) is 10.2 Å². The molecular formula is C22H22F2N6O. The minimum Gasteiger partial charge on any atom is -0.288 e. The van der Waals surface area contributed by atoms with Crippen molar-refractivity contribution in [1.29, 1.82) is 0 Å². The molecule has 9 heteroatoms. The van der Waals surface area contributed by atoms with Gasteiger partial charge < -0.3 is 0 Å². The number of rotatable bonds is 5. The van der Waals surface area contributed by atoms with E-state index in [4.69, 9.17) is 0 Å². The van der Waals surface area contributed by atoms with Crippen LogP contribution in [-0.4, -0.2) is 29.5 Å². The molecule has 0 aliphatic heterocycles. The maximum atomic E-state index is 13.0. The molecule has 0 radical (unpaired) electrons. The average molecular weight is 424 g/mol. The summed E-state index contributed by atoms with van der Waals surface area (Å²) in [4.78, 5) is 20.5. The topological polar surface area (TPSA) is 78.5 Å². The molecule has 0 saturated carbocycles. The molecule has 0 saturated heterocycles. The molecule has 0 N–H and O–H groups in total. The van der Waals surface area contributed by atoms with Crippen molar-refractivity contribution >= 4 is 0 Å². The Kier molecular flexibility index (Phi) is 6.33. The Morgan fingerprint density at radius 3 is 2.65 bits per heavy atom. The predicted molar refractivity (Wildman–Crippen MR) is 113 cm³/mol. The number of aryl methyl sites for hydroxylation is 1. The molecule has 0 aliphatic carbocycles. The van der Waals surface area contributed by atoms with Gasteiger partial charge in [-0.1, -0.05) is 32.5 Å². The second-order valence-corrected chi connectivity index (χ2v) is 6.83. The van der Waals surface area contributed by atoms with Crippen LogP contribution in [0.3, 0.4) is 0 Å². The first-order valence-electron chi connectivity index (χ1n) is 9.22. The van der Waals surface area contributed by atoms with Gasteiger partial charge in [-0.25, -0.2) is 23.4 Å². The predicted octanol–water partition coefficient (Wildman–Crippen LogP) is 4.15. The Bertz CT molecular complexity index is 1250. The van der Waals surface area contributed by atoms with Crippen LogP contribution in [0.4, 0.5) is 8.78 Å². The summed E-state index contributed by atoms with van der Waals surface area (Å²) >= 11 is 0. The van der Waals surface area contributed by atoms with Crippen molar-refractivity contribution in [2.45, 2.75) is 26.7 Å². The summed E-state index contributed by atoms with van der Waals surface area (Å²) in [5.41, 5.74) is 1.96. The van der Waals surface area contributed by atoms with Crippen molar-refractivity contribution in [2.75, 3.05) is 0 Å². The van der Waals surface area contributed by atoms with Crippen molar-refractivity contribution in [3.63, 3.8) is 0 Å². The Hall–Kier alpha value is -3.75. The molecule has 0 spiro atoms. The number of nitrogens with zero attached hydrogens (tertiary/aromatic N) is 6. The van der Waals surface area contributed by atoms with Gasteiger partial charge in [0.05, 0.1) is 12.4 Å². The molecule has 0 aliphatic rings. The van der Waals surface area contributed by atoms with Crippen molar-refractivity contribution in [2.24, 2.45) is 7.05 Å². The van der Waals surface area contributed by atoms with Crippen LogP contribution in [0.1, 0.15) is 43.6 Å². The second-order valence-electron chi connectivity index (χ2n) is 6.83. The lowest BCUT2D eigenvalue weighted by molar-refractivity contribution is 0.146. The lowest BCUT2D eigenvalue weighted by Gasteiger charge is -2.13. The fraction of sp³-hybridized carbons (Fsp3) is 0.227. The molecule has 160 valence electrons. The molecular weight excluding hydrogens is 402 g/mol. The normalized spacial score (nSPS) is 11.9. The fourth-order valence-corrected chi connectivity index (χ4v) is 3.13. The minimum atomic E-state index is -2.67. The van der Waals surface area contributed by atoms with E-state index in [1.54, 1.807) is 53.2 Å². The highest BCUT2D eigenvalue weighted by Crippen LogP contribution is 2.26. The fourth-order valence-electron chi connectivity index (χ4n) is 3.13. The van der Waals surface area contributed by atoms with Crippen LogP contribution in [-0.2, 0) is 7.05 Å². The summed E-state index contributed by atoms with van der Waals surface area (Å²) in [6.07, 6.45) is 3.68. The van der Waals surface area contributed by atoms with E-state index in [1.807, 2.05) is 13.0 Å². The Balaban J connectivity index is 0.00000272. The van der Waals surface area contributed by atoms with E-state index < -0.39 is 6.43 Å². The van der Waals surface area contributed by atoms with Gasteiger partial charge in [0.15, 0.2) is 5.82 Å². The van der Waals surface area contributed by atoms with Crippen LogP contribution in [0, 0.1) is 0 Å². The molecule has 31 heavy (non-hydrogen) atoms. The number of halogens is 2. The quantitative estimate of drug-likeness (QED) is 0.481. The lowest BCUT2D eigenvalue weighted by atomic mass is 9.95. The Labute approximate surface area is 178 Å². The highest BCUT2D eigenvalue weighted by molar-refractivity contribution is 5.57. The van der Waals surface area contributed by atoms with Gasteiger partial charge in [-0.05, 0) is 17.7 Å². The molecule has 1 unspecified atom stereocenters. The summed E-state index contributed by atoms with van der Waals surface area (Å²) in [5, 5.41) is 8.62. The maximum absolute atomic E-state index is 13.0. The molecule has 1 atom stereocenters. The van der Waals surface area contributed by atoms with E-state index in [1.165, 1.54) is 18.3 Å². The van der Waals surface area contributed by atoms with Crippen LogP contribution >= 0.6 is 0 Å².